The van der Waals surface area contributed by atoms with Gasteiger partial charge in [0.1, 0.15) is 12.4 Å². The van der Waals surface area contributed by atoms with Crippen molar-refractivity contribution in [1.29, 1.82) is 0 Å². The number of carbonyl (C=O) groups is 3. The summed E-state index contributed by atoms with van der Waals surface area (Å²) in [5.74, 6) is -1.83. The summed E-state index contributed by atoms with van der Waals surface area (Å²) in [6, 6.07) is 10.8. The van der Waals surface area contributed by atoms with Crippen molar-refractivity contribution in [2.24, 2.45) is 0 Å². The topological polar surface area (TPSA) is 63.7 Å². The molecule has 1 aliphatic heterocycles. The second kappa shape index (κ2) is 7.66. The maximum atomic E-state index is 13.6. The quantitative estimate of drug-likeness (QED) is 0.571. The van der Waals surface area contributed by atoms with Gasteiger partial charge in [0, 0.05) is 18.5 Å². The van der Waals surface area contributed by atoms with Crippen LogP contribution in [0.15, 0.2) is 42.5 Å². The Morgan fingerprint density at radius 1 is 1.04 bits per heavy atom. The van der Waals surface area contributed by atoms with Gasteiger partial charge in [0.25, 0.3) is 11.8 Å². The standard InChI is InChI=1S/C19H15ClFNO4/c20-15-7-3-8-16(21)14(15)11-26-17(23)9-4-10-22-18(24)12-5-1-2-6-13(12)19(22)25/h1-3,5-8H,4,9-11H2. The first-order chi connectivity index (χ1) is 12.5. The first-order valence-corrected chi connectivity index (χ1v) is 8.40. The minimum Gasteiger partial charge on any atom is -0.461 e. The molecule has 0 unspecified atom stereocenters. The van der Waals surface area contributed by atoms with E-state index in [1.54, 1.807) is 24.3 Å². The van der Waals surface area contributed by atoms with Crippen LogP contribution in [-0.2, 0) is 16.1 Å². The summed E-state index contributed by atoms with van der Waals surface area (Å²) in [5, 5.41) is 0.184. The van der Waals surface area contributed by atoms with Gasteiger partial charge in [-0.15, -0.1) is 0 Å². The van der Waals surface area contributed by atoms with Crippen molar-refractivity contribution in [1.82, 2.24) is 4.90 Å². The van der Waals surface area contributed by atoms with Crippen LogP contribution in [0.2, 0.25) is 5.02 Å². The van der Waals surface area contributed by atoms with E-state index in [1.165, 1.54) is 18.2 Å². The molecule has 5 nitrogen and oxygen atoms in total. The molecule has 1 aliphatic rings. The summed E-state index contributed by atoms with van der Waals surface area (Å²) < 4.78 is 18.6. The molecule has 0 saturated carbocycles. The molecule has 1 heterocycles. The molecule has 7 heteroatoms. The van der Waals surface area contributed by atoms with E-state index in [2.05, 4.69) is 0 Å². The number of ether oxygens (including phenoxy) is 1. The van der Waals surface area contributed by atoms with Crippen LogP contribution in [0.1, 0.15) is 39.1 Å². The minimum absolute atomic E-state index is 0.000519. The Morgan fingerprint density at radius 2 is 1.69 bits per heavy atom. The fourth-order valence-electron chi connectivity index (χ4n) is 2.72. The highest BCUT2D eigenvalue weighted by atomic mass is 35.5. The van der Waals surface area contributed by atoms with E-state index in [0.29, 0.717) is 11.1 Å². The normalized spacial score (nSPS) is 13.1. The summed E-state index contributed by atoms with van der Waals surface area (Å²) in [6.07, 6.45) is 0.259. The number of esters is 1. The molecule has 2 aromatic rings. The highest BCUT2D eigenvalue weighted by Crippen LogP contribution is 2.23. The molecule has 0 atom stereocenters. The lowest BCUT2D eigenvalue weighted by atomic mass is 10.1. The fourth-order valence-corrected chi connectivity index (χ4v) is 2.94. The lowest BCUT2D eigenvalue weighted by Crippen LogP contribution is -2.31. The number of rotatable bonds is 6. The van der Waals surface area contributed by atoms with Crippen LogP contribution in [0, 0.1) is 5.82 Å². The Balaban J connectivity index is 1.49. The van der Waals surface area contributed by atoms with Crippen LogP contribution in [0.25, 0.3) is 0 Å². The lowest BCUT2D eigenvalue weighted by molar-refractivity contribution is -0.145. The first-order valence-electron chi connectivity index (χ1n) is 8.03. The molecule has 2 aromatic carbocycles. The van der Waals surface area contributed by atoms with E-state index < -0.39 is 11.8 Å². The van der Waals surface area contributed by atoms with Crippen LogP contribution in [0.4, 0.5) is 4.39 Å². The Labute approximate surface area is 154 Å². The molecule has 0 radical (unpaired) electrons. The molecule has 0 saturated heterocycles. The zero-order valence-corrected chi connectivity index (χ0v) is 14.5. The maximum Gasteiger partial charge on any atom is 0.306 e. The molecule has 134 valence electrons. The number of benzene rings is 2. The Bertz CT molecular complexity index is 828. The average molecular weight is 376 g/mol. The molecule has 3 rings (SSSR count). The Morgan fingerprint density at radius 3 is 2.31 bits per heavy atom. The second-order valence-electron chi connectivity index (χ2n) is 5.77. The van der Waals surface area contributed by atoms with Crippen molar-refractivity contribution < 1.29 is 23.5 Å². The largest absolute Gasteiger partial charge is 0.461 e. The van der Waals surface area contributed by atoms with Crippen LogP contribution in [0.3, 0.4) is 0 Å². The van der Waals surface area contributed by atoms with E-state index in [4.69, 9.17) is 16.3 Å². The van der Waals surface area contributed by atoms with Gasteiger partial charge in [-0.1, -0.05) is 29.8 Å². The third-order valence-corrected chi connectivity index (χ3v) is 4.43. The van der Waals surface area contributed by atoms with Gasteiger partial charge < -0.3 is 4.74 Å². The number of fused-ring (bicyclic) bond motifs is 1. The van der Waals surface area contributed by atoms with E-state index in [1.807, 2.05) is 0 Å². The number of carbonyl (C=O) groups excluding carboxylic acids is 3. The molecule has 0 spiro atoms. The number of hydrogen-bond donors (Lipinski definition) is 0. The van der Waals surface area contributed by atoms with E-state index >= 15 is 0 Å². The van der Waals surface area contributed by atoms with Gasteiger partial charge in [-0.05, 0) is 30.7 Å². The lowest BCUT2D eigenvalue weighted by Gasteiger charge is -2.13. The van der Waals surface area contributed by atoms with Crippen molar-refractivity contribution >= 4 is 29.4 Å². The summed E-state index contributed by atoms with van der Waals surface area (Å²) >= 11 is 5.87. The SMILES string of the molecule is O=C(CCCN1C(=O)c2ccccc2C1=O)OCc1c(F)cccc1Cl. The summed E-state index contributed by atoms with van der Waals surface area (Å²) in [6.45, 7) is -0.154. The minimum atomic E-state index is -0.555. The molecule has 2 amide bonds. The average Bonchev–Trinajstić information content (AvgIpc) is 2.86. The molecule has 0 fully saturated rings. The first kappa shape index (κ1) is 18.1. The van der Waals surface area contributed by atoms with Gasteiger partial charge in [0.2, 0.25) is 0 Å². The summed E-state index contributed by atoms with van der Waals surface area (Å²) in [7, 11) is 0. The Kier molecular flexibility index (Phi) is 5.32. The molecular formula is C19H15ClFNO4. The van der Waals surface area contributed by atoms with Crippen LogP contribution >= 0.6 is 11.6 Å². The van der Waals surface area contributed by atoms with Crippen molar-refractivity contribution in [3.05, 3.63) is 70.0 Å². The third-order valence-electron chi connectivity index (χ3n) is 4.08. The predicted octanol–water partition coefficient (Wildman–Crippen LogP) is 3.60. The summed E-state index contributed by atoms with van der Waals surface area (Å²) in [4.78, 5) is 37.3. The van der Waals surface area contributed by atoms with Gasteiger partial charge >= 0.3 is 5.97 Å². The molecule has 0 aromatic heterocycles. The van der Waals surface area contributed by atoms with E-state index in [9.17, 15) is 18.8 Å². The smallest absolute Gasteiger partial charge is 0.306 e. The molecule has 0 aliphatic carbocycles. The number of halogens is 2. The number of imide groups is 1. The molecule has 0 N–H and O–H groups in total. The highest BCUT2D eigenvalue weighted by molar-refractivity contribution is 6.31. The van der Waals surface area contributed by atoms with Crippen LogP contribution in [0.5, 0.6) is 0 Å². The monoisotopic (exact) mass is 375 g/mol. The van der Waals surface area contributed by atoms with Crippen molar-refractivity contribution in [2.75, 3.05) is 6.54 Å². The number of amides is 2. The van der Waals surface area contributed by atoms with E-state index in [-0.39, 0.29) is 48.4 Å². The molecule has 26 heavy (non-hydrogen) atoms. The second-order valence-corrected chi connectivity index (χ2v) is 6.18. The number of hydrogen-bond acceptors (Lipinski definition) is 4. The maximum absolute atomic E-state index is 13.6. The van der Waals surface area contributed by atoms with Gasteiger partial charge in [-0.3, -0.25) is 19.3 Å². The third kappa shape index (κ3) is 3.60. The van der Waals surface area contributed by atoms with Gasteiger partial charge in [0.05, 0.1) is 16.1 Å². The zero-order chi connectivity index (χ0) is 18.7. The zero-order valence-electron chi connectivity index (χ0n) is 13.7. The van der Waals surface area contributed by atoms with Gasteiger partial charge in [-0.25, -0.2) is 4.39 Å². The van der Waals surface area contributed by atoms with Crippen LogP contribution < -0.4 is 0 Å². The van der Waals surface area contributed by atoms with Crippen molar-refractivity contribution in [2.45, 2.75) is 19.4 Å². The number of nitrogens with zero attached hydrogens (tertiary/aromatic N) is 1. The molecular weight excluding hydrogens is 361 g/mol. The Hall–Kier alpha value is -2.73. The van der Waals surface area contributed by atoms with Gasteiger partial charge in [0.15, 0.2) is 0 Å². The van der Waals surface area contributed by atoms with Gasteiger partial charge in [-0.2, -0.15) is 0 Å². The van der Waals surface area contributed by atoms with Crippen LogP contribution in [-0.4, -0.2) is 29.2 Å². The van der Waals surface area contributed by atoms with E-state index in [0.717, 1.165) is 4.90 Å². The highest BCUT2D eigenvalue weighted by Gasteiger charge is 2.34. The fraction of sp³-hybridized carbons (Fsp3) is 0.211. The van der Waals surface area contributed by atoms with Crippen molar-refractivity contribution in [3.8, 4) is 0 Å². The molecule has 0 bridgehead atoms. The van der Waals surface area contributed by atoms with Crippen molar-refractivity contribution in [3.63, 3.8) is 0 Å². The predicted molar refractivity (Wildman–Crippen MR) is 92.2 cm³/mol. The summed E-state index contributed by atoms with van der Waals surface area (Å²) in [5.41, 5.74) is 0.853.